The number of hydrogen-bond acceptors (Lipinski definition) is 3. The highest BCUT2D eigenvalue weighted by Gasteiger charge is 2.39. The van der Waals surface area contributed by atoms with Gasteiger partial charge in [-0.15, -0.1) is 0 Å². The second-order valence-electron chi connectivity index (χ2n) is 6.42. The minimum Gasteiger partial charge on any atom is -0.519 e. The van der Waals surface area contributed by atoms with Gasteiger partial charge in [-0.05, 0) is 51.4 Å². The molecule has 1 unspecified atom stereocenters. The molecule has 1 atom stereocenters. The molecule has 5 heteroatoms. The lowest BCUT2D eigenvalue weighted by atomic mass is 10.2. The Kier molecular flexibility index (Phi) is 6.76. The van der Waals surface area contributed by atoms with E-state index < -0.39 is 8.32 Å². The molecule has 3 nitrogen and oxygen atoms in total. The van der Waals surface area contributed by atoms with E-state index in [0.29, 0.717) is 15.3 Å². The van der Waals surface area contributed by atoms with Crippen LogP contribution in [0.5, 0.6) is 0 Å². The van der Waals surface area contributed by atoms with Crippen molar-refractivity contribution >= 4 is 24.0 Å². The van der Waals surface area contributed by atoms with Crippen LogP contribution in [0.3, 0.4) is 0 Å². The molecule has 0 heterocycles. The quantitative estimate of drug-likeness (QED) is 0.671. The molecule has 0 bridgehead atoms. The van der Waals surface area contributed by atoms with Crippen LogP contribution in [0.15, 0.2) is 0 Å². The number of hydrogen-bond donors (Lipinski definition) is 0. The maximum atomic E-state index is 12.2. The molecule has 0 aromatic heterocycles. The van der Waals surface area contributed by atoms with Gasteiger partial charge in [0.25, 0.3) is 14.3 Å². The first-order valence-corrected chi connectivity index (χ1v) is 11.5. The average Bonchev–Trinajstić information content (AvgIpc) is 2.81. The van der Waals surface area contributed by atoms with Crippen molar-refractivity contribution in [2.45, 2.75) is 77.2 Å². The van der Waals surface area contributed by atoms with Crippen LogP contribution in [0.1, 0.15) is 46.5 Å². The normalized spacial score (nSPS) is 18.8. The third kappa shape index (κ3) is 5.79. The standard InChI is InChI=1S/C14H28O3Si2/c1-11(2)16-18-10-12(3)14(15)17-19(4,5)13-8-6-7-9-13/h11-13H,6-10H2,1-5H3. The maximum Gasteiger partial charge on any atom is 0.295 e. The third-order valence-corrected chi connectivity index (χ3v) is 8.50. The van der Waals surface area contributed by atoms with E-state index in [4.69, 9.17) is 8.85 Å². The van der Waals surface area contributed by atoms with E-state index in [9.17, 15) is 4.79 Å². The van der Waals surface area contributed by atoms with E-state index >= 15 is 0 Å². The molecular formula is C14H28O3Si2. The molecule has 0 spiro atoms. The van der Waals surface area contributed by atoms with Gasteiger partial charge in [0.1, 0.15) is 0 Å². The van der Waals surface area contributed by atoms with Crippen LogP contribution in [0, 0.1) is 5.92 Å². The predicted octanol–water partition coefficient (Wildman–Crippen LogP) is 3.78. The molecule has 1 aliphatic rings. The third-order valence-electron chi connectivity index (χ3n) is 3.81. The Morgan fingerprint density at radius 3 is 2.37 bits per heavy atom. The van der Waals surface area contributed by atoms with Crippen LogP contribution in [0.25, 0.3) is 0 Å². The van der Waals surface area contributed by atoms with E-state index in [0.717, 1.165) is 6.04 Å². The van der Waals surface area contributed by atoms with Gasteiger partial charge in [-0.3, -0.25) is 4.79 Å². The van der Waals surface area contributed by atoms with Crippen molar-refractivity contribution in [2.75, 3.05) is 0 Å². The highest BCUT2D eigenvalue weighted by Crippen LogP contribution is 2.39. The van der Waals surface area contributed by atoms with Gasteiger partial charge in [-0.1, -0.05) is 19.8 Å². The van der Waals surface area contributed by atoms with Gasteiger partial charge in [0.05, 0.1) is 5.92 Å². The maximum absolute atomic E-state index is 12.2. The lowest BCUT2D eigenvalue weighted by Gasteiger charge is -2.30. The molecule has 0 N–H and O–H groups in total. The Labute approximate surface area is 121 Å². The van der Waals surface area contributed by atoms with E-state index in [1.54, 1.807) is 0 Å². The highest BCUT2D eigenvalue weighted by molar-refractivity contribution is 6.74. The minimum absolute atomic E-state index is 0.0107. The summed E-state index contributed by atoms with van der Waals surface area (Å²) in [4.78, 5) is 12.2. The summed E-state index contributed by atoms with van der Waals surface area (Å²) in [6.07, 6.45) is 5.35. The van der Waals surface area contributed by atoms with Crippen LogP contribution >= 0.6 is 0 Å². The van der Waals surface area contributed by atoms with Gasteiger partial charge >= 0.3 is 0 Å². The summed E-state index contributed by atoms with van der Waals surface area (Å²) in [7, 11) is -1.45. The summed E-state index contributed by atoms with van der Waals surface area (Å²) < 4.78 is 11.4. The summed E-state index contributed by atoms with van der Waals surface area (Å²) in [6, 6.07) is 0.784. The fourth-order valence-electron chi connectivity index (χ4n) is 2.49. The first-order chi connectivity index (χ1) is 8.83. The van der Waals surface area contributed by atoms with Crippen LogP contribution < -0.4 is 0 Å². The summed E-state index contributed by atoms with van der Waals surface area (Å²) in [5.41, 5.74) is 0.665. The van der Waals surface area contributed by atoms with E-state index in [1.165, 1.54) is 25.7 Å². The second kappa shape index (κ2) is 7.59. The topological polar surface area (TPSA) is 35.5 Å². The van der Waals surface area contributed by atoms with Crippen LogP contribution in [0.2, 0.25) is 24.7 Å². The first-order valence-electron chi connectivity index (χ1n) is 7.44. The molecule has 1 fully saturated rings. The van der Waals surface area contributed by atoms with E-state index in [2.05, 4.69) is 13.1 Å². The molecule has 19 heavy (non-hydrogen) atoms. The minimum atomic E-state index is -1.84. The van der Waals surface area contributed by atoms with Crippen molar-refractivity contribution in [1.82, 2.24) is 0 Å². The van der Waals surface area contributed by atoms with E-state index in [1.807, 2.05) is 20.8 Å². The average molecular weight is 301 g/mol. The molecule has 0 amide bonds. The van der Waals surface area contributed by atoms with Crippen molar-refractivity contribution in [3.8, 4) is 0 Å². The molecule has 110 valence electrons. The number of carbonyl (C=O) groups excluding carboxylic acids is 1. The lowest BCUT2D eigenvalue weighted by molar-refractivity contribution is -0.138. The Hall–Kier alpha value is -0.136. The van der Waals surface area contributed by atoms with E-state index in [-0.39, 0.29) is 18.0 Å². The first kappa shape index (κ1) is 16.9. The van der Waals surface area contributed by atoms with Crippen LogP contribution in [0.4, 0.5) is 0 Å². The molecule has 1 aliphatic carbocycles. The molecule has 2 radical (unpaired) electrons. The Morgan fingerprint density at radius 1 is 1.26 bits per heavy atom. The molecule has 0 aliphatic heterocycles. The largest absolute Gasteiger partial charge is 0.519 e. The Morgan fingerprint density at radius 2 is 1.84 bits per heavy atom. The predicted molar refractivity (Wildman–Crippen MR) is 81.7 cm³/mol. The zero-order chi connectivity index (χ0) is 14.5. The summed E-state index contributed by atoms with van der Waals surface area (Å²) in [5.74, 6) is -0.0475. The summed E-state index contributed by atoms with van der Waals surface area (Å²) in [5, 5.41) is 0. The summed E-state index contributed by atoms with van der Waals surface area (Å²) >= 11 is 0. The Bertz CT molecular complexity index is 286. The number of carbonyl (C=O) groups is 1. The zero-order valence-corrected chi connectivity index (χ0v) is 15.0. The smallest absolute Gasteiger partial charge is 0.295 e. The fourth-order valence-corrected chi connectivity index (χ4v) is 6.02. The number of rotatable bonds is 7. The van der Waals surface area contributed by atoms with Gasteiger partial charge in [-0.25, -0.2) is 0 Å². The van der Waals surface area contributed by atoms with Crippen LogP contribution in [-0.4, -0.2) is 30.2 Å². The fraction of sp³-hybridized carbons (Fsp3) is 0.929. The molecule has 0 aromatic carbocycles. The van der Waals surface area contributed by atoms with Gasteiger partial charge < -0.3 is 8.85 Å². The zero-order valence-electron chi connectivity index (χ0n) is 13.0. The molecule has 0 saturated heterocycles. The molecule has 1 rings (SSSR count). The monoisotopic (exact) mass is 300 g/mol. The second-order valence-corrected chi connectivity index (χ2v) is 11.6. The summed E-state index contributed by atoms with van der Waals surface area (Å²) in [6.45, 7) is 10.4. The highest BCUT2D eigenvalue weighted by atomic mass is 28.4. The van der Waals surface area contributed by atoms with Gasteiger partial charge in [0.2, 0.25) is 9.76 Å². The molecule has 0 aromatic rings. The van der Waals surface area contributed by atoms with Crippen molar-refractivity contribution < 1.29 is 13.6 Å². The van der Waals surface area contributed by atoms with Crippen molar-refractivity contribution in [1.29, 1.82) is 0 Å². The molecular weight excluding hydrogens is 272 g/mol. The lowest BCUT2D eigenvalue weighted by Crippen LogP contribution is -2.39. The van der Waals surface area contributed by atoms with Crippen LogP contribution in [-0.2, 0) is 13.6 Å². The van der Waals surface area contributed by atoms with Crippen molar-refractivity contribution in [3.63, 3.8) is 0 Å². The van der Waals surface area contributed by atoms with Gasteiger partial charge in [0.15, 0.2) is 0 Å². The Balaban J connectivity index is 2.35. The molecule has 1 saturated carbocycles. The van der Waals surface area contributed by atoms with Crippen molar-refractivity contribution in [3.05, 3.63) is 0 Å². The van der Waals surface area contributed by atoms with Crippen molar-refractivity contribution in [2.24, 2.45) is 5.92 Å². The SMILES string of the molecule is CC(C)O[Si]CC(C)C(=O)O[Si](C)(C)C1CCCC1. The van der Waals surface area contributed by atoms with Gasteiger partial charge in [-0.2, -0.15) is 0 Å². The van der Waals surface area contributed by atoms with Gasteiger partial charge in [0, 0.05) is 6.10 Å².